The van der Waals surface area contributed by atoms with Gasteiger partial charge in [-0.05, 0) is 62.6 Å². The highest BCUT2D eigenvalue weighted by Crippen LogP contribution is 2.45. The number of aliphatic imine (C=N–C) groups is 1. The quantitative estimate of drug-likeness (QED) is 0.271. The molecule has 1 aromatic heterocycles. The van der Waals surface area contributed by atoms with Crippen LogP contribution in [0, 0.1) is 23.0 Å². The van der Waals surface area contributed by atoms with E-state index in [4.69, 9.17) is 4.42 Å². The number of carbonyl (C=O) groups excluding carboxylic acids is 2. The fourth-order valence-electron chi connectivity index (χ4n) is 5.36. The first-order valence-corrected chi connectivity index (χ1v) is 12.6. The zero-order chi connectivity index (χ0) is 28.8. The van der Waals surface area contributed by atoms with Gasteiger partial charge in [0.05, 0.1) is 33.5 Å². The van der Waals surface area contributed by atoms with Gasteiger partial charge in [0.25, 0.3) is 11.6 Å². The Morgan fingerprint density at radius 1 is 1.07 bits per heavy atom. The molecule has 1 aliphatic carbocycles. The first kappa shape index (κ1) is 27.0. The highest BCUT2D eigenvalue weighted by Gasteiger charge is 2.45. The molecular formula is C29H24F3N3O5. The summed E-state index contributed by atoms with van der Waals surface area (Å²) in [6.07, 6.45) is -3.28. The Morgan fingerprint density at radius 3 is 2.52 bits per heavy atom. The van der Waals surface area contributed by atoms with Gasteiger partial charge in [-0.25, -0.2) is 0 Å². The van der Waals surface area contributed by atoms with E-state index in [2.05, 4.69) is 10.3 Å². The largest absolute Gasteiger partial charge is 0.460 e. The lowest BCUT2D eigenvalue weighted by Gasteiger charge is -2.34. The van der Waals surface area contributed by atoms with Gasteiger partial charge in [-0.15, -0.1) is 0 Å². The molecule has 1 saturated carbocycles. The van der Waals surface area contributed by atoms with Crippen LogP contribution in [0.1, 0.15) is 49.0 Å². The summed E-state index contributed by atoms with van der Waals surface area (Å²) in [6, 6.07) is 12.3. The number of nitro groups is 1. The Hall–Kier alpha value is -4.54. The number of furan rings is 1. The normalized spacial score (nSPS) is 19.2. The number of alkyl halides is 3. The third-order valence-corrected chi connectivity index (χ3v) is 7.27. The van der Waals surface area contributed by atoms with Crippen LogP contribution in [0.25, 0.3) is 11.3 Å². The molecule has 2 atom stereocenters. The van der Waals surface area contributed by atoms with Crippen molar-refractivity contribution in [1.29, 1.82) is 0 Å². The van der Waals surface area contributed by atoms with E-state index in [0.29, 0.717) is 42.4 Å². The van der Waals surface area contributed by atoms with Crippen molar-refractivity contribution in [1.82, 2.24) is 0 Å². The molecule has 11 heteroatoms. The van der Waals surface area contributed by atoms with E-state index in [1.807, 2.05) is 19.1 Å². The van der Waals surface area contributed by atoms with Crippen LogP contribution in [0.15, 0.2) is 75.3 Å². The molecule has 0 saturated heterocycles. The number of amides is 1. The van der Waals surface area contributed by atoms with Crippen LogP contribution >= 0.6 is 0 Å². The molecular weight excluding hydrogens is 527 g/mol. The maximum absolute atomic E-state index is 13.7. The lowest BCUT2D eigenvalue weighted by atomic mass is 9.71. The zero-order valence-corrected chi connectivity index (χ0v) is 21.5. The zero-order valence-electron chi connectivity index (χ0n) is 21.5. The second kappa shape index (κ2) is 10.2. The number of carbonyl (C=O) groups is 2. The van der Waals surface area contributed by atoms with Gasteiger partial charge >= 0.3 is 6.18 Å². The van der Waals surface area contributed by atoms with Crippen molar-refractivity contribution in [2.45, 2.75) is 45.2 Å². The number of aryl methyl sites for hydroxylation is 1. The molecule has 1 aliphatic heterocycles. The van der Waals surface area contributed by atoms with Crippen molar-refractivity contribution in [3.63, 3.8) is 0 Å². The molecule has 2 aliphatic rings. The van der Waals surface area contributed by atoms with Crippen molar-refractivity contribution in [3.8, 4) is 11.3 Å². The molecule has 5 rings (SSSR count). The molecule has 206 valence electrons. The number of rotatable bonds is 5. The third kappa shape index (κ3) is 4.94. The van der Waals surface area contributed by atoms with Crippen LogP contribution in [0.4, 0.5) is 24.5 Å². The summed E-state index contributed by atoms with van der Waals surface area (Å²) in [5, 5.41) is 14.6. The Labute approximate surface area is 226 Å². The van der Waals surface area contributed by atoms with Crippen LogP contribution in [0.5, 0.6) is 0 Å². The summed E-state index contributed by atoms with van der Waals surface area (Å²) in [6.45, 7) is 3.51. The van der Waals surface area contributed by atoms with E-state index in [1.54, 1.807) is 19.1 Å². The van der Waals surface area contributed by atoms with E-state index in [1.165, 1.54) is 12.1 Å². The highest BCUT2D eigenvalue weighted by molar-refractivity contribution is 6.14. The summed E-state index contributed by atoms with van der Waals surface area (Å²) >= 11 is 0. The number of nitro benzene ring substituents is 1. The number of Topliss-reactive ketones (excluding diaryl/α,β-unsaturated/α-hetero) is 1. The number of ketones is 1. The monoisotopic (exact) mass is 551 g/mol. The number of para-hydroxylation sites is 1. The SMILES string of the molecule is CC1=C(C(=O)Nc2ccccc2C)C(c2ccc(-c3ccc(C(F)(F)F)cc3[N+](=O)[O-])o2)C2C(=O)CCCC2=N1. The van der Waals surface area contributed by atoms with Gasteiger partial charge < -0.3 is 9.73 Å². The summed E-state index contributed by atoms with van der Waals surface area (Å²) in [4.78, 5) is 42.2. The molecule has 0 bridgehead atoms. The van der Waals surface area contributed by atoms with Gasteiger partial charge in [0, 0.05) is 29.6 Å². The second-order valence-corrected chi connectivity index (χ2v) is 9.84. The number of halogens is 3. The van der Waals surface area contributed by atoms with Crippen molar-refractivity contribution in [3.05, 3.63) is 92.9 Å². The van der Waals surface area contributed by atoms with Crippen LogP contribution in [-0.2, 0) is 15.8 Å². The number of anilines is 1. The number of nitrogens with one attached hydrogen (secondary N) is 1. The lowest BCUT2D eigenvalue weighted by Crippen LogP contribution is -2.39. The van der Waals surface area contributed by atoms with Crippen molar-refractivity contribution >= 4 is 28.8 Å². The number of allylic oxidation sites excluding steroid dienone is 1. The summed E-state index contributed by atoms with van der Waals surface area (Å²) in [5.41, 5.74) is 0.570. The molecule has 2 heterocycles. The summed E-state index contributed by atoms with van der Waals surface area (Å²) < 4.78 is 45.7. The molecule has 2 unspecified atom stereocenters. The minimum atomic E-state index is -4.77. The Morgan fingerprint density at radius 2 is 1.82 bits per heavy atom. The average molecular weight is 552 g/mol. The van der Waals surface area contributed by atoms with Crippen molar-refractivity contribution in [2.75, 3.05) is 5.32 Å². The number of nitrogens with zero attached hydrogens (tertiary/aromatic N) is 2. The first-order valence-electron chi connectivity index (χ1n) is 12.6. The Balaban J connectivity index is 1.60. The number of hydrogen-bond acceptors (Lipinski definition) is 6. The van der Waals surface area contributed by atoms with E-state index >= 15 is 0 Å². The van der Waals surface area contributed by atoms with Crippen molar-refractivity contribution < 1.29 is 32.1 Å². The van der Waals surface area contributed by atoms with Crippen LogP contribution in [0.3, 0.4) is 0 Å². The average Bonchev–Trinajstić information content (AvgIpc) is 3.38. The van der Waals surface area contributed by atoms with Gasteiger partial charge in [-0.2, -0.15) is 13.2 Å². The van der Waals surface area contributed by atoms with Gasteiger partial charge in [0.15, 0.2) is 0 Å². The maximum atomic E-state index is 13.7. The van der Waals surface area contributed by atoms with Crippen LogP contribution in [-0.4, -0.2) is 22.3 Å². The maximum Gasteiger partial charge on any atom is 0.416 e. The third-order valence-electron chi connectivity index (χ3n) is 7.27. The smallest absolute Gasteiger partial charge is 0.416 e. The Bertz CT molecular complexity index is 1600. The van der Waals surface area contributed by atoms with Gasteiger partial charge in [-0.3, -0.25) is 24.7 Å². The lowest BCUT2D eigenvalue weighted by molar-refractivity contribution is -0.384. The van der Waals surface area contributed by atoms with Gasteiger partial charge in [0.2, 0.25) is 0 Å². The molecule has 1 fully saturated rings. The van der Waals surface area contributed by atoms with E-state index in [0.717, 1.165) is 17.7 Å². The summed E-state index contributed by atoms with van der Waals surface area (Å²) in [7, 11) is 0. The van der Waals surface area contributed by atoms with E-state index in [9.17, 15) is 32.9 Å². The van der Waals surface area contributed by atoms with Crippen LogP contribution in [0.2, 0.25) is 0 Å². The number of benzene rings is 2. The molecule has 2 aromatic carbocycles. The Kier molecular flexibility index (Phi) is 6.91. The predicted molar refractivity (Wildman–Crippen MR) is 141 cm³/mol. The number of hydrogen-bond donors (Lipinski definition) is 1. The van der Waals surface area contributed by atoms with Crippen molar-refractivity contribution in [2.24, 2.45) is 10.9 Å². The standard InChI is InChI=1S/C29H24F3N3O5/c1-15-6-3-4-7-19(15)34-28(37)25-16(2)33-20-8-5-9-22(36)26(20)27(25)24-13-12-23(40-24)18-11-10-17(29(30,31)32)14-21(18)35(38)39/h3-4,6-7,10-14,26-27H,5,8-9H2,1-2H3,(H,34,37). The molecule has 3 aromatic rings. The molecule has 8 nitrogen and oxygen atoms in total. The van der Waals surface area contributed by atoms with Gasteiger partial charge in [-0.1, -0.05) is 18.2 Å². The second-order valence-electron chi connectivity index (χ2n) is 9.84. The minimum absolute atomic E-state index is 0.0564. The highest BCUT2D eigenvalue weighted by atomic mass is 19.4. The molecule has 0 spiro atoms. The summed E-state index contributed by atoms with van der Waals surface area (Å²) in [5.74, 6) is -2.09. The molecule has 40 heavy (non-hydrogen) atoms. The van der Waals surface area contributed by atoms with E-state index in [-0.39, 0.29) is 28.4 Å². The fraction of sp³-hybridized carbons (Fsp3) is 0.276. The predicted octanol–water partition coefficient (Wildman–Crippen LogP) is 7.00. The fourth-order valence-corrected chi connectivity index (χ4v) is 5.36. The van der Waals surface area contributed by atoms with Crippen LogP contribution < -0.4 is 5.32 Å². The minimum Gasteiger partial charge on any atom is -0.460 e. The van der Waals surface area contributed by atoms with E-state index < -0.39 is 40.1 Å². The molecule has 0 radical (unpaired) electrons. The molecule has 1 amide bonds. The van der Waals surface area contributed by atoms with Gasteiger partial charge in [0.1, 0.15) is 17.3 Å². The number of fused-ring (bicyclic) bond motifs is 1. The first-order chi connectivity index (χ1) is 19.0. The molecule has 1 N–H and O–H groups in total. The topological polar surface area (TPSA) is 115 Å².